The van der Waals surface area contributed by atoms with Crippen molar-refractivity contribution in [1.29, 1.82) is 0 Å². The second-order valence-corrected chi connectivity index (χ2v) is 6.73. The summed E-state index contributed by atoms with van der Waals surface area (Å²) < 4.78 is 0. The van der Waals surface area contributed by atoms with Crippen molar-refractivity contribution in [3.63, 3.8) is 0 Å². The molecule has 0 radical (unpaired) electrons. The van der Waals surface area contributed by atoms with Crippen LogP contribution < -0.4 is 10.6 Å². The molecular formula is C21H21ClN4O. The lowest BCUT2D eigenvalue weighted by Gasteiger charge is -2.10. The first kappa shape index (κ1) is 18.9. The summed E-state index contributed by atoms with van der Waals surface area (Å²) in [5.41, 5.74) is 3.95. The van der Waals surface area contributed by atoms with E-state index in [1.54, 1.807) is 6.07 Å². The number of carbonyl (C=O) groups excluding carboxylic acids is 1. The monoisotopic (exact) mass is 380 g/mol. The molecule has 6 heteroatoms. The Morgan fingerprint density at radius 2 is 1.85 bits per heavy atom. The molecule has 0 saturated heterocycles. The predicted octanol–water partition coefficient (Wildman–Crippen LogP) is 4.65. The van der Waals surface area contributed by atoms with Crippen LogP contribution in [0.5, 0.6) is 0 Å². The minimum Gasteiger partial charge on any atom is -0.354 e. The van der Waals surface area contributed by atoms with E-state index < -0.39 is 0 Å². The largest absolute Gasteiger partial charge is 0.354 e. The number of aryl methyl sites for hydroxylation is 2. The fraction of sp³-hybridized carbons (Fsp3) is 0.190. The second kappa shape index (κ2) is 8.64. The standard InChI is InChI=1S/C21H21ClN4O/c1-14-6-3-4-9-18(14)25-20(27)19-12-15(2)24-21(26-19)23-11-10-16-7-5-8-17(22)13-16/h3-9,12-13H,10-11H2,1-2H3,(H,25,27)(H,23,24,26). The minimum atomic E-state index is -0.257. The topological polar surface area (TPSA) is 66.9 Å². The Balaban J connectivity index is 1.66. The number of nitrogens with one attached hydrogen (secondary N) is 2. The zero-order chi connectivity index (χ0) is 19.2. The van der Waals surface area contributed by atoms with Crippen molar-refractivity contribution in [1.82, 2.24) is 9.97 Å². The summed E-state index contributed by atoms with van der Waals surface area (Å²) in [6, 6.07) is 17.0. The first-order chi connectivity index (χ1) is 13.0. The van der Waals surface area contributed by atoms with E-state index in [1.165, 1.54) is 0 Å². The molecule has 0 saturated carbocycles. The Kier molecular flexibility index (Phi) is 6.04. The van der Waals surface area contributed by atoms with Gasteiger partial charge in [-0.2, -0.15) is 0 Å². The molecule has 138 valence electrons. The lowest BCUT2D eigenvalue weighted by atomic mass is 10.1. The number of benzene rings is 2. The van der Waals surface area contributed by atoms with Crippen molar-refractivity contribution in [3.05, 3.63) is 82.1 Å². The summed E-state index contributed by atoms with van der Waals surface area (Å²) in [6.07, 6.45) is 0.780. The highest BCUT2D eigenvalue weighted by Gasteiger charge is 2.12. The van der Waals surface area contributed by atoms with Gasteiger partial charge >= 0.3 is 0 Å². The maximum absolute atomic E-state index is 12.6. The van der Waals surface area contributed by atoms with Gasteiger partial charge in [-0.25, -0.2) is 9.97 Å². The maximum Gasteiger partial charge on any atom is 0.274 e. The van der Waals surface area contributed by atoms with Gasteiger partial charge in [-0.15, -0.1) is 0 Å². The number of carbonyl (C=O) groups is 1. The second-order valence-electron chi connectivity index (χ2n) is 6.29. The van der Waals surface area contributed by atoms with E-state index >= 15 is 0 Å². The van der Waals surface area contributed by atoms with Crippen molar-refractivity contribution < 1.29 is 4.79 Å². The van der Waals surface area contributed by atoms with Crippen LogP contribution in [0.1, 0.15) is 27.3 Å². The van der Waals surface area contributed by atoms with Gasteiger partial charge in [-0.3, -0.25) is 4.79 Å². The Hall–Kier alpha value is -2.92. The quantitative estimate of drug-likeness (QED) is 0.653. The van der Waals surface area contributed by atoms with E-state index in [1.807, 2.05) is 62.4 Å². The van der Waals surface area contributed by atoms with Gasteiger partial charge < -0.3 is 10.6 Å². The molecule has 0 bridgehead atoms. The van der Waals surface area contributed by atoms with E-state index in [2.05, 4.69) is 20.6 Å². The molecule has 3 rings (SSSR count). The van der Waals surface area contributed by atoms with Crippen LogP contribution in [0.2, 0.25) is 5.02 Å². The molecule has 0 spiro atoms. The van der Waals surface area contributed by atoms with Gasteiger partial charge in [0.25, 0.3) is 5.91 Å². The number of anilines is 2. The fourth-order valence-corrected chi connectivity index (χ4v) is 2.89. The van der Waals surface area contributed by atoms with Crippen LogP contribution in [-0.4, -0.2) is 22.4 Å². The van der Waals surface area contributed by atoms with Crippen molar-refractivity contribution in [2.24, 2.45) is 0 Å². The highest BCUT2D eigenvalue weighted by Crippen LogP contribution is 2.15. The van der Waals surface area contributed by atoms with Gasteiger partial charge in [0.1, 0.15) is 5.69 Å². The summed E-state index contributed by atoms with van der Waals surface area (Å²) in [7, 11) is 0. The molecule has 0 aliphatic heterocycles. The van der Waals surface area contributed by atoms with Crippen LogP contribution >= 0.6 is 11.6 Å². The number of hydrogen-bond acceptors (Lipinski definition) is 4. The number of amides is 1. The van der Waals surface area contributed by atoms with Gasteiger partial charge in [0.15, 0.2) is 0 Å². The van der Waals surface area contributed by atoms with Crippen LogP contribution in [0.15, 0.2) is 54.6 Å². The molecule has 1 amide bonds. The highest BCUT2D eigenvalue weighted by atomic mass is 35.5. The Morgan fingerprint density at radius 3 is 2.63 bits per heavy atom. The Labute approximate surface area is 163 Å². The first-order valence-electron chi connectivity index (χ1n) is 8.72. The van der Waals surface area contributed by atoms with Crippen molar-refractivity contribution in [3.8, 4) is 0 Å². The molecule has 0 aliphatic carbocycles. The SMILES string of the molecule is Cc1cc(C(=O)Nc2ccccc2C)nc(NCCc2cccc(Cl)c2)n1. The zero-order valence-corrected chi connectivity index (χ0v) is 16.0. The van der Waals surface area contributed by atoms with E-state index in [0.717, 1.165) is 34.0 Å². The van der Waals surface area contributed by atoms with Crippen molar-refractivity contribution in [2.45, 2.75) is 20.3 Å². The molecule has 2 aromatic carbocycles. The molecular weight excluding hydrogens is 360 g/mol. The summed E-state index contributed by atoms with van der Waals surface area (Å²) in [6.45, 7) is 4.43. The fourth-order valence-electron chi connectivity index (χ4n) is 2.67. The average molecular weight is 381 g/mol. The summed E-state index contributed by atoms with van der Waals surface area (Å²) >= 11 is 6.01. The number of aromatic nitrogens is 2. The van der Waals surface area contributed by atoms with Gasteiger partial charge in [0.2, 0.25) is 5.95 Å². The summed E-state index contributed by atoms with van der Waals surface area (Å²) in [4.78, 5) is 21.3. The number of rotatable bonds is 6. The number of para-hydroxylation sites is 1. The Bertz CT molecular complexity index is 958. The van der Waals surface area contributed by atoms with E-state index in [9.17, 15) is 4.79 Å². The minimum absolute atomic E-state index is 0.257. The lowest BCUT2D eigenvalue weighted by Crippen LogP contribution is -2.17. The molecule has 1 aromatic heterocycles. The van der Waals surface area contributed by atoms with Crippen LogP contribution in [0, 0.1) is 13.8 Å². The molecule has 5 nitrogen and oxygen atoms in total. The predicted molar refractivity (Wildman–Crippen MR) is 110 cm³/mol. The van der Waals surface area contributed by atoms with Gasteiger partial charge in [0.05, 0.1) is 0 Å². The molecule has 0 atom stereocenters. The third kappa shape index (κ3) is 5.28. The first-order valence-corrected chi connectivity index (χ1v) is 9.10. The van der Waals surface area contributed by atoms with Crippen LogP contribution in [0.4, 0.5) is 11.6 Å². The van der Waals surface area contributed by atoms with Gasteiger partial charge in [0, 0.05) is 22.9 Å². The van der Waals surface area contributed by atoms with E-state index in [4.69, 9.17) is 11.6 Å². The highest BCUT2D eigenvalue weighted by molar-refractivity contribution is 6.30. The third-order valence-electron chi connectivity index (χ3n) is 4.07. The van der Waals surface area contributed by atoms with Crippen LogP contribution in [0.3, 0.4) is 0 Å². The van der Waals surface area contributed by atoms with Crippen LogP contribution in [-0.2, 0) is 6.42 Å². The van der Waals surface area contributed by atoms with E-state index in [0.29, 0.717) is 18.2 Å². The smallest absolute Gasteiger partial charge is 0.274 e. The molecule has 1 heterocycles. The number of nitrogens with zero attached hydrogens (tertiary/aromatic N) is 2. The average Bonchev–Trinajstić information content (AvgIpc) is 2.63. The molecule has 0 fully saturated rings. The molecule has 0 unspecified atom stereocenters. The number of halogens is 1. The molecule has 2 N–H and O–H groups in total. The normalized spacial score (nSPS) is 10.5. The lowest BCUT2D eigenvalue weighted by molar-refractivity contribution is 0.102. The maximum atomic E-state index is 12.6. The van der Waals surface area contributed by atoms with E-state index in [-0.39, 0.29) is 5.91 Å². The Morgan fingerprint density at radius 1 is 1.04 bits per heavy atom. The van der Waals surface area contributed by atoms with Gasteiger partial charge in [-0.05, 0) is 55.7 Å². The summed E-state index contributed by atoms with van der Waals surface area (Å²) in [5, 5.41) is 6.79. The van der Waals surface area contributed by atoms with Crippen molar-refractivity contribution in [2.75, 3.05) is 17.2 Å². The zero-order valence-electron chi connectivity index (χ0n) is 15.3. The summed E-state index contributed by atoms with van der Waals surface area (Å²) in [5.74, 6) is 0.180. The third-order valence-corrected chi connectivity index (χ3v) is 4.30. The molecule has 3 aromatic rings. The van der Waals surface area contributed by atoms with Gasteiger partial charge in [-0.1, -0.05) is 41.9 Å². The number of hydrogen-bond donors (Lipinski definition) is 2. The molecule has 0 aliphatic rings. The van der Waals surface area contributed by atoms with Crippen molar-refractivity contribution >= 4 is 29.1 Å². The molecule has 27 heavy (non-hydrogen) atoms. The van der Waals surface area contributed by atoms with Crippen LogP contribution in [0.25, 0.3) is 0 Å².